The van der Waals surface area contributed by atoms with Gasteiger partial charge >= 0.3 is 0 Å². The Kier molecular flexibility index (Phi) is 4.22. The van der Waals surface area contributed by atoms with Gasteiger partial charge in [-0.05, 0) is 24.5 Å². The summed E-state index contributed by atoms with van der Waals surface area (Å²) in [6, 6.07) is 3.23. The van der Waals surface area contributed by atoms with Crippen molar-refractivity contribution >= 4 is 23.3 Å². The number of nitrogens with two attached hydrogens (primary N) is 1. The Labute approximate surface area is 113 Å². The second-order valence-electron chi connectivity index (χ2n) is 5.52. The van der Waals surface area contributed by atoms with Crippen molar-refractivity contribution in [1.82, 2.24) is 9.88 Å². The van der Waals surface area contributed by atoms with Gasteiger partial charge in [-0.25, -0.2) is 4.98 Å². The number of halogens is 1. The summed E-state index contributed by atoms with van der Waals surface area (Å²) >= 11 is 5.99. The van der Waals surface area contributed by atoms with Gasteiger partial charge in [-0.1, -0.05) is 32.4 Å². The van der Waals surface area contributed by atoms with Crippen molar-refractivity contribution < 1.29 is 4.79 Å². The summed E-state index contributed by atoms with van der Waals surface area (Å²) < 4.78 is 0. The molecule has 1 rings (SSSR count). The molecule has 1 atom stereocenters. The Bertz CT molecular complexity index is 454. The largest absolute Gasteiger partial charge is 0.384 e. The zero-order valence-corrected chi connectivity index (χ0v) is 12.2. The van der Waals surface area contributed by atoms with Crippen molar-refractivity contribution in [3.05, 3.63) is 22.8 Å². The van der Waals surface area contributed by atoms with Crippen LogP contribution in [0.3, 0.4) is 0 Å². The fourth-order valence-corrected chi connectivity index (χ4v) is 1.72. The van der Waals surface area contributed by atoms with Crippen molar-refractivity contribution in [3.63, 3.8) is 0 Å². The van der Waals surface area contributed by atoms with E-state index >= 15 is 0 Å². The van der Waals surface area contributed by atoms with E-state index < -0.39 is 0 Å². The van der Waals surface area contributed by atoms with Gasteiger partial charge in [-0.15, -0.1) is 0 Å². The normalized spacial score (nSPS) is 13.2. The number of hydrogen-bond donors (Lipinski definition) is 1. The van der Waals surface area contributed by atoms with Crippen LogP contribution in [0.4, 0.5) is 5.82 Å². The molecule has 0 saturated carbocycles. The Morgan fingerprint density at radius 1 is 1.44 bits per heavy atom. The molecule has 0 aliphatic rings. The second-order valence-corrected chi connectivity index (χ2v) is 5.93. The van der Waals surface area contributed by atoms with Crippen LogP contribution in [-0.4, -0.2) is 28.9 Å². The molecule has 5 heteroatoms. The lowest BCUT2D eigenvalue weighted by Crippen LogP contribution is -2.43. The SMILES string of the molecule is CC(N(C)C(=O)c1nc(N)ccc1Cl)C(C)(C)C. The lowest BCUT2D eigenvalue weighted by atomic mass is 9.87. The third-order valence-electron chi connectivity index (χ3n) is 3.22. The number of pyridine rings is 1. The second kappa shape index (κ2) is 5.14. The molecular formula is C13H20ClN3O. The smallest absolute Gasteiger partial charge is 0.274 e. The zero-order valence-electron chi connectivity index (χ0n) is 11.5. The maximum absolute atomic E-state index is 12.3. The third-order valence-corrected chi connectivity index (χ3v) is 3.53. The number of anilines is 1. The highest BCUT2D eigenvalue weighted by molar-refractivity contribution is 6.33. The molecule has 0 spiro atoms. The Morgan fingerprint density at radius 3 is 2.50 bits per heavy atom. The molecule has 0 aliphatic carbocycles. The number of nitrogens with zero attached hydrogens (tertiary/aromatic N) is 2. The third kappa shape index (κ3) is 3.13. The first-order chi connectivity index (χ1) is 8.14. The molecule has 0 aliphatic heterocycles. The molecule has 0 bridgehead atoms. The van der Waals surface area contributed by atoms with Gasteiger partial charge in [-0.3, -0.25) is 4.79 Å². The van der Waals surface area contributed by atoms with Crippen LogP contribution in [0.2, 0.25) is 5.02 Å². The van der Waals surface area contributed by atoms with E-state index in [1.807, 2.05) is 6.92 Å². The summed E-state index contributed by atoms with van der Waals surface area (Å²) in [6.07, 6.45) is 0. The molecule has 18 heavy (non-hydrogen) atoms. The van der Waals surface area contributed by atoms with Gasteiger partial charge in [0.15, 0.2) is 0 Å². The Morgan fingerprint density at radius 2 is 2.00 bits per heavy atom. The topological polar surface area (TPSA) is 59.2 Å². The summed E-state index contributed by atoms with van der Waals surface area (Å²) in [5, 5.41) is 0.321. The minimum absolute atomic E-state index is 0.0167. The molecular weight excluding hydrogens is 250 g/mol. The summed E-state index contributed by atoms with van der Waals surface area (Å²) in [7, 11) is 1.75. The van der Waals surface area contributed by atoms with Crippen molar-refractivity contribution in [2.45, 2.75) is 33.7 Å². The van der Waals surface area contributed by atoms with Crippen LogP contribution >= 0.6 is 11.6 Å². The zero-order chi connectivity index (χ0) is 14.1. The molecule has 1 heterocycles. The van der Waals surface area contributed by atoms with E-state index in [0.29, 0.717) is 10.8 Å². The van der Waals surface area contributed by atoms with Gasteiger partial charge in [0.1, 0.15) is 11.5 Å². The molecule has 0 aromatic carbocycles. The first kappa shape index (κ1) is 14.8. The predicted octanol–water partition coefficient (Wildman–Crippen LogP) is 2.82. The standard InChI is InChI=1S/C13H20ClN3O/c1-8(13(2,3)4)17(5)12(18)11-9(14)6-7-10(15)16-11/h6-8H,1-5H3,(H2,15,16). The van der Waals surface area contributed by atoms with Crippen LogP contribution in [0, 0.1) is 5.41 Å². The van der Waals surface area contributed by atoms with E-state index in [-0.39, 0.29) is 23.1 Å². The summed E-state index contributed by atoms with van der Waals surface area (Å²) in [4.78, 5) is 18.0. The van der Waals surface area contributed by atoms with Crippen molar-refractivity contribution in [1.29, 1.82) is 0 Å². The van der Waals surface area contributed by atoms with E-state index in [2.05, 4.69) is 25.8 Å². The monoisotopic (exact) mass is 269 g/mol. The Hall–Kier alpha value is -1.29. The number of aromatic nitrogens is 1. The fraction of sp³-hybridized carbons (Fsp3) is 0.538. The molecule has 0 radical (unpaired) electrons. The van der Waals surface area contributed by atoms with Gasteiger partial charge < -0.3 is 10.6 Å². The van der Waals surface area contributed by atoms with E-state index in [0.717, 1.165) is 0 Å². The number of amides is 1. The number of rotatable bonds is 2. The van der Waals surface area contributed by atoms with Crippen LogP contribution in [0.25, 0.3) is 0 Å². The van der Waals surface area contributed by atoms with Crippen LogP contribution in [0.5, 0.6) is 0 Å². The maximum atomic E-state index is 12.3. The molecule has 0 saturated heterocycles. The van der Waals surface area contributed by atoms with Crippen LogP contribution in [0.1, 0.15) is 38.2 Å². The Balaban J connectivity index is 3.04. The lowest BCUT2D eigenvalue weighted by molar-refractivity contribution is 0.0623. The highest BCUT2D eigenvalue weighted by atomic mass is 35.5. The predicted molar refractivity (Wildman–Crippen MR) is 74.7 cm³/mol. The minimum atomic E-state index is -0.213. The molecule has 0 fully saturated rings. The first-order valence-corrected chi connectivity index (χ1v) is 6.21. The molecule has 4 nitrogen and oxygen atoms in total. The van der Waals surface area contributed by atoms with Gasteiger partial charge in [0.05, 0.1) is 5.02 Å². The van der Waals surface area contributed by atoms with Crippen LogP contribution < -0.4 is 5.73 Å². The summed E-state index contributed by atoms with van der Waals surface area (Å²) in [5.74, 6) is 0.0780. The quantitative estimate of drug-likeness (QED) is 0.898. The number of carbonyl (C=O) groups excluding carboxylic acids is 1. The van der Waals surface area contributed by atoms with E-state index in [9.17, 15) is 4.79 Å². The highest BCUT2D eigenvalue weighted by Gasteiger charge is 2.29. The van der Waals surface area contributed by atoms with Gasteiger partial charge in [-0.2, -0.15) is 0 Å². The fourth-order valence-electron chi connectivity index (χ4n) is 1.53. The van der Waals surface area contributed by atoms with Gasteiger partial charge in [0.25, 0.3) is 5.91 Å². The molecule has 1 amide bonds. The molecule has 1 aromatic heterocycles. The van der Waals surface area contributed by atoms with Crippen molar-refractivity contribution in [3.8, 4) is 0 Å². The highest BCUT2D eigenvalue weighted by Crippen LogP contribution is 2.25. The average molecular weight is 270 g/mol. The number of carbonyl (C=O) groups is 1. The molecule has 1 aromatic rings. The molecule has 100 valence electrons. The van der Waals surface area contributed by atoms with E-state index in [1.165, 1.54) is 0 Å². The lowest BCUT2D eigenvalue weighted by Gasteiger charge is -2.35. The van der Waals surface area contributed by atoms with E-state index in [1.54, 1.807) is 24.1 Å². The first-order valence-electron chi connectivity index (χ1n) is 5.83. The summed E-state index contributed by atoms with van der Waals surface area (Å²) in [6.45, 7) is 8.24. The molecule has 2 N–H and O–H groups in total. The summed E-state index contributed by atoms with van der Waals surface area (Å²) in [5.41, 5.74) is 5.77. The van der Waals surface area contributed by atoms with Crippen LogP contribution in [0.15, 0.2) is 12.1 Å². The number of hydrogen-bond acceptors (Lipinski definition) is 3. The van der Waals surface area contributed by atoms with Crippen molar-refractivity contribution in [2.75, 3.05) is 12.8 Å². The molecule has 1 unspecified atom stereocenters. The van der Waals surface area contributed by atoms with E-state index in [4.69, 9.17) is 17.3 Å². The number of nitrogen functional groups attached to an aromatic ring is 1. The van der Waals surface area contributed by atoms with Crippen LogP contribution in [-0.2, 0) is 0 Å². The maximum Gasteiger partial charge on any atom is 0.274 e. The van der Waals surface area contributed by atoms with Gasteiger partial charge in [0, 0.05) is 13.1 Å². The van der Waals surface area contributed by atoms with Gasteiger partial charge in [0.2, 0.25) is 0 Å². The minimum Gasteiger partial charge on any atom is -0.384 e. The average Bonchev–Trinajstić information content (AvgIpc) is 2.28. The van der Waals surface area contributed by atoms with Crippen molar-refractivity contribution in [2.24, 2.45) is 5.41 Å².